The van der Waals surface area contributed by atoms with Crippen LogP contribution in [-0.2, 0) is 13.0 Å². The predicted molar refractivity (Wildman–Crippen MR) is 78.1 cm³/mol. The van der Waals surface area contributed by atoms with Crippen LogP contribution in [0.3, 0.4) is 0 Å². The summed E-state index contributed by atoms with van der Waals surface area (Å²) in [4.78, 5) is 11.2. The summed E-state index contributed by atoms with van der Waals surface area (Å²) in [6.07, 6.45) is 9.51. The monoisotopic (exact) mass is 273 g/mol. The molecule has 0 unspecified atom stereocenters. The second kappa shape index (κ2) is 6.26. The van der Waals surface area contributed by atoms with Gasteiger partial charge in [0.1, 0.15) is 0 Å². The lowest BCUT2D eigenvalue weighted by Crippen LogP contribution is -2.35. The van der Waals surface area contributed by atoms with E-state index in [0.29, 0.717) is 0 Å². The van der Waals surface area contributed by atoms with Gasteiger partial charge in [-0.25, -0.2) is 4.98 Å². The highest BCUT2D eigenvalue weighted by Crippen LogP contribution is 2.22. The summed E-state index contributed by atoms with van der Waals surface area (Å²) in [5, 5.41) is 3.36. The van der Waals surface area contributed by atoms with Crippen LogP contribution < -0.4 is 0 Å². The second-order valence-corrected chi connectivity index (χ2v) is 6.21. The molecule has 2 aromatic heterocycles. The first-order valence-electron chi connectivity index (χ1n) is 6.90. The van der Waals surface area contributed by atoms with E-state index in [0.717, 1.165) is 18.9 Å². The molecule has 0 saturated carbocycles. The number of thiazole rings is 1. The van der Waals surface area contributed by atoms with E-state index in [1.807, 2.05) is 24.7 Å². The number of hydrogen-bond donors (Lipinski definition) is 0. The highest BCUT2D eigenvalue weighted by molar-refractivity contribution is 7.09. The normalized spacial score (nSPS) is 20.5. The molecule has 4 heteroatoms. The van der Waals surface area contributed by atoms with E-state index in [1.54, 1.807) is 11.3 Å². The highest BCUT2D eigenvalue weighted by atomic mass is 32.1. The van der Waals surface area contributed by atoms with Crippen LogP contribution in [0.4, 0.5) is 0 Å². The summed E-state index contributed by atoms with van der Waals surface area (Å²) < 4.78 is 0. The van der Waals surface area contributed by atoms with E-state index >= 15 is 0 Å². The van der Waals surface area contributed by atoms with Gasteiger partial charge in [-0.1, -0.05) is 6.07 Å². The average Bonchev–Trinajstić information content (AvgIpc) is 2.93. The van der Waals surface area contributed by atoms with E-state index in [2.05, 4.69) is 26.3 Å². The Hall–Kier alpha value is -1.26. The van der Waals surface area contributed by atoms with Crippen LogP contribution in [0.5, 0.6) is 0 Å². The molecule has 0 aliphatic carbocycles. The molecule has 3 rings (SSSR count). The van der Waals surface area contributed by atoms with E-state index in [4.69, 9.17) is 0 Å². The van der Waals surface area contributed by atoms with Gasteiger partial charge in [-0.2, -0.15) is 0 Å². The first-order chi connectivity index (χ1) is 9.40. The largest absolute Gasteiger partial charge is 0.299 e. The zero-order chi connectivity index (χ0) is 12.9. The van der Waals surface area contributed by atoms with Gasteiger partial charge in [0.25, 0.3) is 0 Å². The molecular weight excluding hydrogens is 254 g/mol. The summed E-state index contributed by atoms with van der Waals surface area (Å²) >= 11 is 1.78. The lowest BCUT2D eigenvalue weighted by Gasteiger charge is -2.32. The fourth-order valence-electron chi connectivity index (χ4n) is 2.81. The van der Waals surface area contributed by atoms with Gasteiger partial charge in [0, 0.05) is 43.5 Å². The number of piperidine rings is 1. The van der Waals surface area contributed by atoms with Crippen molar-refractivity contribution in [2.24, 2.45) is 5.92 Å². The maximum atomic E-state index is 4.41. The maximum Gasteiger partial charge on any atom is 0.0928 e. The van der Waals surface area contributed by atoms with Crippen molar-refractivity contribution in [1.29, 1.82) is 0 Å². The van der Waals surface area contributed by atoms with Crippen LogP contribution in [0.25, 0.3) is 0 Å². The van der Waals surface area contributed by atoms with Gasteiger partial charge in [-0.3, -0.25) is 9.88 Å². The highest BCUT2D eigenvalue weighted by Gasteiger charge is 2.20. The minimum Gasteiger partial charge on any atom is -0.299 e. The molecule has 0 aromatic carbocycles. The van der Waals surface area contributed by atoms with Crippen LogP contribution >= 0.6 is 11.3 Å². The van der Waals surface area contributed by atoms with Crippen molar-refractivity contribution in [1.82, 2.24) is 14.9 Å². The quantitative estimate of drug-likeness (QED) is 0.857. The van der Waals surface area contributed by atoms with Crippen LogP contribution in [0, 0.1) is 5.92 Å². The van der Waals surface area contributed by atoms with Crippen LogP contribution in [0.2, 0.25) is 0 Å². The number of pyridine rings is 1. The molecule has 0 spiro atoms. The van der Waals surface area contributed by atoms with Crippen molar-refractivity contribution in [2.75, 3.05) is 13.1 Å². The van der Waals surface area contributed by atoms with Crippen molar-refractivity contribution in [3.63, 3.8) is 0 Å². The Morgan fingerprint density at radius 2 is 2.37 bits per heavy atom. The van der Waals surface area contributed by atoms with Crippen LogP contribution in [0.15, 0.2) is 36.1 Å². The van der Waals surface area contributed by atoms with Crippen molar-refractivity contribution < 1.29 is 0 Å². The first-order valence-corrected chi connectivity index (χ1v) is 7.78. The molecule has 0 bridgehead atoms. The Labute approximate surface area is 118 Å². The predicted octanol–water partition coefficient (Wildman–Crippen LogP) is 2.99. The molecule has 2 aromatic rings. The average molecular weight is 273 g/mol. The lowest BCUT2D eigenvalue weighted by molar-refractivity contribution is 0.167. The smallest absolute Gasteiger partial charge is 0.0928 e. The number of aromatic nitrogens is 2. The minimum atomic E-state index is 0.761. The standard InChI is InChI=1S/C15H19N3S/c1-3-14(10-16-5-1)12-18-7-2-4-13(11-18)9-15-17-6-8-19-15/h1,3,5-6,8,10,13H,2,4,7,9,11-12H2/t13-/m0/s1. The number of rotatable bonds is 4. The topological polar surface area (TPSA) is 29.0 Å². The van der Waals surface area contributed by atoms with Crippen molar-refractivity contribution in [2.45, 2.75) is 25.8 Å². The molecule has 100 valence electrons. The molecule has 1 saturated heterocycles. The van der Waals surface area contributed by atoms with Gasteiger partial charge in [-0.15, -0.1) is 11.3 Å². The van der Waals surface area contributed by atoms with E-state index in [-0.39, 0.29) is 0 Å². The minimum absolute atomic E-state index is 0.761. The van der Waals surface area contributed by atoms with Gasteiger partial charge in [-0.05, 0) is 36.9 Å². The summed E-state index contributed by atoms with van der Waals surface area (Å²) in [6, 6.07) is 4.18. The van der Waals surface area contributed by atoms with E-state index in [1.165, 1.54) is 36.5 Å². The molecule has 1 atom stereocenters. The molecule has 0 amide bonds. The molecule has 3 heterocycles. The Bertz CT molecular complexity index is 483. The second-order valence-electron chi connectivity index (χ2n) is 5.23. The fourth-order valence-corrected chi connectivity index (χ4v) is 3.54. The van der Waals surface area contributed by atoms with Crippen molar-refractivity contribution in [3.8, 4) is 0 Å². The van der Waals surface area contributed by atoms with Crippen LogP contribution in [0.1, 0.15) is 23.4 Å². The molecule has 1 aliphatic rings. The lowest BCUT2D eigenvalue weighted by atomic mass is 9.95. The summed E-state index contributed by atoms with van der Waals surface area (Å²) in [6.45, 7) is 3.43. The van der Waals surface area contributed by atoms with E-state index in [9.17, 15) is 0 Å². The van der Waals surface area contributed by atoms with Gasteiger partial charge < -0.3 is 0 Å². The van der Waals surface area contributed by atoms with Gasteiger partial charge in [0.2, 0.25) is 0 Å². The molecule has 3 nitrogen and oxygen atoms in total. The SMILES string of the molecule is c1cncc(CN2CCC[C@@H](Cc3nccs3)C2)c1. The van der Waals surface area contributed by atoms with Crippen LogP contribution in [-0.4, -0.2) is 28.0 Å². The third kappa shape index (κ3) is 3.61. The van der Waals surface area contributed by atoms with Gasteiger partial charge in [0.05, 0.1) is 5.01 Å². The molecule has 0 N–H and O–H groups in total. The summed E-state index contributed by atoms with van der Waals surface area (Å²) in [5.74, 6) is 0.761. The maximum absolute atomic E-state index is 4.41. The Kier molecular flexibility index (Phi) is 4.20. The Morgan fingerprint density at radius 3 is 3.16 bits per heavy atom. The summed E-state index contributed by atoms with van der Waals surface area (Å²) in [7, 11) is 0. The number of nitrogens with zero attached hydrogens (tertiary/aromatic N) is 3. The molecule has 1 aliphatic heterocycles. The van der Waals surface area contributed by atoms with Crippen molar-refractivity contribution >= 4 is 11.3 Å². The third-order valence-electron chi connectivity index (χ3n) is 3.68. The molecule has 19 heavy (non-hydrogen) atoms. The van der Waals surface area contributed by atoms with Gasteiger partial charge in [0.15, 0.2) is 0 Å². The Balaban J connectivity index is 1.56. The number of likely N-dealkylation sites (tertiary alicyclic amines) is 1. The zero-order valence-electron chi connectivity index (χ0n) is 11.0. The Morgan fingerprint density at radius 1 is 1.37 bits per heavy atom. The summed E-state index contributed by atoms with van der Waals surface area (Å²) in [5.41, 5.74) is 1.32. The van der Waals surface area contributed by atoms with Gasteiger partial charge >= 0.3 is 0 Å². The molecule has 0 radical (unpaired) electrons. The molecule has 1 fully saturated rings. The fraction of sp³-hybridized carbons (Fsp3) is 0.467. The third-order valence-corrected chi connectivity index (χ3v) is 4.48. The number of hydrogen-bond acceptors (Lipinski definition) is 4. The van der Waals surface area contributed by atoms with Crippen molar-refractivity contribution in [3.05, 3.63) is 46.7 Å². The zero-order valence-corrected chi connectivity index (χ0v) is 11.9. The first kappa shape index (κ1) is 12.8. The molecular formula is C15H19N3S. The van der Waals surface area contributed by atoms with E-state index < -0.39 is 0 Å².